The van der Waals surface area contributed by atoms with Gasteiger partial charge < -0.3 is 10.6 Å². The zero-order chi connectivity index (χ0) is 15.5. The van der Waals surface area contributed by atoms with Gasteiger partial charge in [-0.2, -0.15) is 0 Å². The van der Waals surface area contributed by atoms with Crippen molar-refractivity contribution in [2.24, 2.45) is 0 Å². The van der Waals surface area contributed by atoms with Gasteiger partial charge in [-0.1, -0.05) is 23.7 Å². The highest BCUT2D eigenvalue weighted by molar-refractivity contribution is 7.80. The van der Waals surface area contributed by atoms with Crippen LogP contribution < -0.4 is 10.6 Å². The highest BCUT2D eigenvalue weighted by Gasteiger charge is 2.05. The summed E-state index contributed by atoms with van der Waals surface area (Å²) in [6.45, 7) is 2.44. The number of halogens is 1. The summed E-state index contributed by atoms with van der Waals surface area (Å²) in [5.41, 5.74) is 2.68. The van der Waals surface area contributed by atoms with Crippen molar-refractivity contribution in [1.82, 2.24) is 19.9 Å². The molecule has 0 fully saturated rings. The minimum Gasteiger partial charge on any atom is -0.355 e. The van der Waals surface area contributed by atoms with E-state index in [2.05, 4.69) is 20.8 Å². The van der Waals surface area contributed by atoms with Crippen LogP contribution in [0.15, 0.2) is 42.6 Å². The topological polar surface area (TPSA) is 54.2 Å². The van der Waals surface area contributed by atoms with Crippen LogP contribution in [0.2, 0.25) is 5.02 Å². The second-order valence-corrected chi connectivity index (χ2v) is 5.63. The lowest BCUT2D eigenvalue weighted by atomic mass is 10.2. The molecule has 112 valence electrons. The molecule has 0 radical (unpaired) electrons. The Balaban J connectivity index is 1.63. The Morgan fingerprint density at radius 2 is 2.14 bits per heavy atom. The molecule has 7 heteroatoms. The maximum absolute atomic E-state index is 6.10. The second kappa shape index (κ2) is 6.29. The van der Waals surface area contributed by atoms with Crippen molar-refractivity contribution in [2.45, 2.75) is 13.5 Å². The van der Waals surface area contributed by atoms with Gasteiger partial charge in [0.05, 0.1) is 6.54 Å². The highest BCUT2D eigenvalue weighted by Crippen LogP contribution is 2.19. The van der Waals surface area contributed by atoms with E-state index in [0.717, 1.165) is 22.7 Å². The van der Waals surface area contributed by atoms with Gasteiger partial charge in [-0.25, -0.2) is 0 Å². The number of hydrogen-bond donors (Lipinski definition) is 2. The van der Waals surface area contributed by atoms with Gasteiger partial charge >= 0.3 is 0 Å². The summed E-state index contributed by atoms with van der Waals surface area (Å²) in [7, 11) is 0. The Morgan fingerprint density at radius 3 is 2.95 bits per heavy atom. The number of anilines is 1. The lowest BCUT2D eigenvalue weighted by molar-refractivity contribution is 0.813. The average molecular weight is 332 g/mol. The van der Waals surface area contributed by atoms with Crippen molar-refractivity contribution in [2.75, 3.05) is 5.32 Å². The van der Waals surface area contributed by atoms with Gasteiger partial charge in [0, 0.05) is 16.9 Å². The van der Waals surface area contributed by atoms with E-state index in [1.54, 1.807) is 0 Å². The first-order valence-electron chi connectivity index (χ1n) is 6.73. The first-order chi connectivity index (χ1) is 10.6. The maximum Gasteiger partial charge on any atom is 0.171 e. The van der Waals surface area contributed by atoms with Gasteiger partial charge in [-0.3, -0.25) is 4.40 Å². The number of nitrogens with zero attached hydrogens (tertiary/aromatic N) is 3. The molecule has 0 saturated heterocycles. The molecule has 0 aliphatic heterocycles. The zero-order valence-corrected chi connectivity index (χ0v) is 13.4. The fourth-order valence-corrected chi connectivity index (χ4v) is 2.39. The fourth-order valence-electron chi connectivity index (χ4n) is 2.02. The van der Waals surface area contributed by atoms with Crippen LogP contribution in [0.5, 0.6) is 0 Å². The van der Waals surface area contributed by atoms with Crippen LogP contribution in [-0.2, 0) is 6.54 Å². The third-order valence-electron chi connectivity index (χ3n) is 3.22. The van der Waals surface area contributed by atoms with E-state index in [1.165, 1.54) is 0 Å². The molecule has 0 bridgehead atoms. The van der Waals surface area contributed by atoms with Crippen LogP contribution in [0.25, 0.3) is 5.65 Å². The minimum absolute atomic E-state index is 0.483. The van der Waals surface area contributed by atoms with Gasteiger partial charge in [-0.15, -0.1) is 10.2 Å². The standard InChI is InChI=1S/C15H14ClN5S/c1-10-5-6-11(8-12(10)16)18-15(22)17-9-14-20-19-13-4-2-3-7-21(13)14/h2-8H,9H2,1H3,(H2,17,18,22). The first kappa shape index (κ1) is 14.7. The summed E-state index contributed by atoms with van der Waals surface area (Å²) >= 11 is 11.4. The van der Waals surface area contributed by atoms with E-state index in [0.29, 0.717) is 16.7 Å². The van der Waals surface area contributed by atoms with Crippen molar-refractivity contribution < 1.29 is 0 Å². The summed E-state index contributed by atoms with van der Waals surface area (Å²) < 4.78 is 1.92. The maximum atomic E-state index is 6.10. The Hall–Kier alpha value is -2.18. The molecule has 0 unspecified atom stereocenters. The number of hydrogen-bond acceptors (Lipinski definition) is 3. The van der Waals surface area contributed by atoms with Gasteiger partial charge in [0.1, 0.15) is 0 Å². The number of fused-ring (bicyclic) bond motifs is 1. The van der Waals surface area contributed by atoms with Crippen LogP contribution in [0.1, 0.15) is 11.4 Å². The Morgan fingerprint density at radius 1 is 1.27 bits per heavy atom. The highest BCUT2D eigenvalue weighted by atomic mass is 35.5. The molecule has 0 amide bonds. The molecule has 3 rings (SSSR count). The molecule has 0 spiro atoms. The first-order valence-corrected chi connectivity index (χ1v) is 7.52. The molecule has 0 atom stereocenters. The van der Waals surface area contributed by atoms with E-state index in [4.69, 9.17) is 23.8 Å². The predicted molar refractivity (Wildman–Crippen MR) is 92.2 cm³/mol. The Kier molecular flexibility index (Phi) is 4.22. The molecule has 0 aliphatic carbocycles. The predicted octanol–water partition coefficient (Wildman–Crippen LogP) is 3.18. The van der Waals surface area contributed by atoms with Crippen molar-refractivity contribution in [3.63, 3.8) is 0 Å². The Labute approximate surface area is 138 Å². The van der Waals surface area contributed by atoms with E-state index >= 15 is 0 Å². The van der Waals surface area contributed by atoms with Crippen LogP contribution >= 0.6 is 23.8 Å². The van der Waals surface area contributed by atoms with Crippen molar-refractivity contribution >= 4 is 40.3 Å². The van der Waals surface area contributed by atoms with E-state index in [1.807, 2.05) is 53.9 Å². The molecular weight excluding hydrogens is 318 g/mol. The zero-order valence-electron chi connectivity index (χ0n) is 11.9. The molecule has 2 heterocycles. The summed E-state index contributed by atoms with van der Waals surface area (Å²) in [5.74, 6) is 0.793. The normalized spacial score (nSPS) is 10.6. The molecule has 3 aromatic rings. The molecular formula is C15H14ClN5S. The van der Waals surface area contributed by atoms with E-state index in [-0.39, 0.29) is 0 Å². The molecule has 0 saturated carbocycles. The van der Waals surface area contributed by atoms with E-state index in [9.17, 15) is 0 Å². The monoisotopic (exact) mass is 331 g/mol. The minimum atomic E-state index is 0.483. The molecule has 1 aromatic carbocycles. The molecule has 0 aliphatic rings. The van der Waals surface area contributed by atoms with Crippen LogP contribution in [-0.4, -0.2) is 19.7 Å². The van der Waals surface area contributed by atoms with Crippen LogP contribution in [0.3, 0.4) is 0 Å². The van der Waals surface area contributed by atoms with E-state index < -0.39 is 0 Å². The number of aromatic nitrogens is 3. The molecule has 2 N–H and O–H groups in total. The number of pyridine rings is 1. The average Bonchev–Trinajstić information content (AvgIpc) is 2.92. The van der Waals surface area contributed by atoms with Gasteiger partial charge in [0.2, 0.25) is 0 Å². The number of benzene rings is 1. The third kappa shape index (κ3) is 3.18. The second-order valence-electron chi connectivity index (χ2n) is 4.82. The summed E-state index contributed by atoms with van der Waals surface area (Å²) in [6.07, 6.45) is 1.92. The summed E-state index contributed by atoms with van der Waals surface area (Å²) in [4.78, 5) is 0. The Bertz CT molecular complexity index is 830. The lowest BCUT2D eigenvalue weighted by Gasteiger charge is -2.10. The number of aryl methyl sites for hydroxylation is 1. The molecule has 22 heavy (non-hydrogen) atoms. The molecule has 5 nitrogen and oxygen atoms in total. The van der Waals surface area contributed by atoms with Gasteiger partial charge in [0.25, 0.3) is 0 Å². The number of thiocarbonyl (C=S) groups is 1. The largest absolute Gasteiger partial charge is 0.355 e. The third-order valence-corrected chi connectivity index (χ3v) is 3.87. The van der Waals surface area contributed by atoms with Crippen LogP contribution in [0.4, 0.5) is 5.69 Å². The molecule has 2 aromatic heterocycles. The van der Waals surface area contributed by atoms with Crippen molar-refractivity contribution in [3.05, 3.63) is 59.0 Å². The lowest BCUT2D eigenvalue weighted by Crippen LogP contribution is -2.28. The SMILES string of the molecule is Cc1ccc(NC(=S)NCc2nnc3ccccn23)cc1Cl. The van der Waals surface area contributed by atoms with Crippen LogP contribution in [0, 0.1) is 6.92 Å². The quantitative estimate of drug-likeness (QED) is 0.722. The van der Waals surface area contributed by atoms with Gasteiger partial charge in [-0.05, 0) is 49.0 Å². The fraction of sp³-hybridized carbons (Fsp3) is 0.133. The van der Waals surface area contributed by atoms with Crippen molar-refractivity contribution in [3.8, 4) is 0 Å². The summed E-state index contributed by atoms with van der Waals surface area (Å²) in [6, 6.07) is 11.5. The smallest absolute Gasteiger partial charge is 0.171 e. The van der Waals surface area contributed by atoms with Crippen molar-refractivity contribution in [1.29, 1.82) is 0 Å². The number of rotatable bonds is 3. The summed E-state index contributed by atoms with van der Waals surface area (Å²) in [5, 5.41) is 15.7. The number of nitrogens with one attached hydrogen (secondary N) is 2. The van der Waals surface area contributed by atoms with Gasteiger partial charge in [0.15, 0.2) is 16.6 Å².